The van der Waals surface area contributed by atoms with E-state index in [-0.39, 0.29) is 32.0 Å². The highest BCUT2D eigenvalue weighted by Gasteiger charge is 2.56. The van der Waals surface area contributed by atoms with Gasteiger partial charge in [-0.15, -0.1) is 0 Å². The number of carbonyl (C=O) groups is 5. The van der Waals surface area contributed by atoms with Gasteiger partial charge in [0.05, 0.1) is 31.5 Å². The molecule has 6 rings (SSSR count). The zero-order valence-electron chi connectivity index (χ0n) is 30.3. The van der Waals surface area contributed by atoms with E-state index in [4.69, 9.17) is 14.3 Å². The third-order valence-electron chi connectivity index (χ3n) is 10.0. The topological polar surface area (TPSA) is 165 Å². The summed E-state index contributed by atoms with van der Waals surface area (Å²) < 4.78 is 10.9. The van der Waals surface area contributed by atoms with E-state index < -0.39 is 64.8 Å². The highest BCUT2D eigenvalue weighted by molar-refractivity contribution is 6.38. The minimum Gasteiger partial charge on any atom is -0.444 e. The highest BCUT2D eigenvalue weighted by Crippen LogP contribution is 2.40. The molecule has 2 aromatic rings. The van der Waals surface area contributed by atoms with Crippen LogP contribution in [0.1, 0.15) is 78.2 Å². The van der Waals surface area contributed by atoms with E-state index in [0.717, 1.165) is 29.5 Å². The maximum absolute atomic E-state index is 14.6. The smallest absolute Gasteiger partial charge is 0.408 e. The van der Waals surface area contributed by atoms with E-state index in [1.54, 1.807) is 0 Å². The Bertz CT molecular complexity index is 1700. The van der Waals surface area contributed by atoms with Gasteiger partial charge in [-0.05, 0) is 41.9 Å². The van der Waals surface area contributed by atoms with Crippen molar-refractivity contribution in [3.63, 3.8) is 0 Å². The number of hydrogen-bond donors (Lipinski definition) is 3. The second-order valence-corrected chi connectivity index (χ2v) is 15.4. The van der Waals surface area contributed by atoms with Gasteiger partial charge in [0.1, 0.15) is 18.2 Å². The van der Waals surface area contributed by atoms with Crippen molar-refractivity contribution < 1.29 is 38.3 Å². The minimum atomic E-state index is -1.08. The van der Waals surface area contributed by atoms with Crippen LogP contribution < -0.4 is 16.0 Å². The van der Waals surface area contributed by atoms with Gasteiger partial charge in [0, 0.05) is 30.9 Å². The molecule has 1 aliphatic carbocycles. The summed E-state index contributed by atoms with van der Waals surface area (Å²) in [5, 5.41) is 12.7. The Kier molecular flexibility index (Phi) is 11.0. The molecular formula is C39H49N5O8. The number of alkyl carbamates (subject to hydrolysis) is 1. The van der Waals surface area contributed by atoms with E-state index in [1.165, 1.54) is 4.90 Å². The third kappa shape index (κ3) is 8.63. The van der Waals surface area contributed by atoms with Crippen LogP contribution >= 0.6 is 0 Å². The van der Waals surface area contributed by atoms with Crippen LogP contribution in [0.15, 0.2) is 59.8 Å². The molecule has 13 nitrogen and oxygen atoms in total. The van der Waals surface area contributed by atoms with Crippen molar-refractivity contribution in [1.29, 1.82) is 0 Å². The molecule has 3 N–H and O–H groups in total. The Labute approximate surface area is 304 Å². The second kappa shape index (κ2) is 15.4. The number of likely N-dealkylation sites (tertiary alicyclic amines) is 1. The zero-order chi connectivity index (χ0) is 37.0. The quantitative estimate of drug-likeness (QED) is 0.279. The summed E-state index contributed by atoms with van der Waals surface area (Å²) in [6.07, 6.45) is 2.20. The molecule has 2 aromatic carbocycles. The Morgan fingerprint density at radius 2 is 1.71 bits per heavy atom. The average Bonchev–Trinajstić information content (AvgIpc) is 3.46. The summed E-state index contributed by atoms with van der Waals surface area (Å²) in [5.74, 6) is -2.54. The van der Waals surface area contributed by atoms with Gasteiger partial charge in [-0.2, -0.15) is 0 Å². The normalized spacial score (nSPS) is 23.7. The van der Waals surface area contributed by atoms with Gasteiger partial charge < -0.3 is 35.2 Å². The summed E-state index contributed by atoms with van der Waals surface area (Å²) in [4.78, 5) is 75.4. The molecule has 52 heavy (non-hydrogen) atoms. The first-order valence-corrected chi connectivity index (χ1v) is 18.3. The predicted octanol–water partition coefficient (Wildman–Crippen LogP) is 3.88. The van der Waals surface area contributed by atoms with Crippen LogP contribution in [0.2, 0.25) is 0 Å². The van der Waals surface area contributed by atoms with E-state index in [2.05, 4.69) is 21.1 Å². The zero-order valence-corrected chi connectivity index (χ0v) is 30.3. The molecule has 4 amide bonds. The van der Waals surface area contributed by atoms with Crippen molar-refractivity contribution in [3.05, 3.63) is 60.2 Å². The number of oxime groups is 1. The molecule has 3 heterocycles. The summed E-state index contributed by atoms with van der Waals surface area (Å²) in [6, 6.07) is 14.7. The van der Waals surface area contributed by atoms with Crippen LogP contribution in [0.25, 0.3) is 11.1 Å². The van der Waals surface area contributed by atoms with E-state index in [1.807, 2.05) is 82.3 Å². The standard InChI is InChI=1S/C39H49N5O8/c1-5-10-29(32(45)35(47)40-27-15-16-27)41-34(46)31-21-39(20-30(43-52-39)26-14-9-13-25(19-26)24-11-7-6-8-12-24)23-44(31)36(48)33(38(2,3)4)42-37(49)51-28-17-18-50-22-28/h6-9,11-14,19,27-29,31,33H,5,10,15-18,20-23H2,1-4H3,(H,40,47)(H,41,46)(H,42,49)/t28-,29-,31-,33+,39+/m0/s1. The SMILES string of the molecule is CCC[C@H](NC(=O)[C@@H]1C[C@]2(CC(c3cccc(-c4ccccc4)c3)=NO2)CN1C(=O)[C@@H](NC(=O)O[C@H]1CCOC1)C(C)(C)C)C(=O)C(=O)NC1CC1. The second-order valence-electron chi connectivity index (χ2n) is 15.4. The lowest BCUT2D eigenvalue weighted by Gasteiger charge is -2.35. The van der Waals surface area contributed by atoms with Gasteiger partial charge in [0.25, 0.3) is 5.91 Å². The fourth-order valence-electron chi connectivity index (χ4n) is 6.98. The molecule has 0 radical (unpaired) electrons. The van der Waals surface area contributed by atoms with Crippen LogP contribution in [0.4, 0.5) is 4.79 Å². The van der Waals surface area contributed by atoms with Gasteiger partial charge in [0.15, 0.2) is 5.60 Å². The maximum atomic E-state index is 14.6. The predicted molar refractivity (Wildman–Crippen MR) is 192 cm³/mol. The molecule has 278 valence electrons. The van der Waals surface area contributed by atoms with E-state index in [9.17, 15) is 24.0 Å². The van der Waals surface area contributed by atoms with E-state index >= 15 is 0 Å². The molecule has 13 heteroatoms. The van der Waals surface area contributed by atoms with Crippen LogP contribution in [0.5, 0.6) is 0 Å². The number of ketones is 1. The summed E-state index contributed by atoms with van der Waals surface area (Å²) in [7, 11) is 0. The van der Waals surface area contributed by atoms with Crippen molar-refractivity contribution in [1.82, 2.24) is 20.9 Å². The van der Waals surface area contributed by atoms with Crippen LogP contribution in [0, 0.1) is 5.41 Å². The van der Waals surface area contributed by atoms with Gasteiger partial charge >= 0.3 is 6.09 Å². The number of Topliss-reactive ketones (excluding diaryl/α,β-unsaturated/α-hetero) is 1. The first-order chi connectivity index (χ1) is 24.9. The van der Waals surface area contributed by atoms with Gasteiger partial charge in [-0.3, -0.25) is 19.2 Å². The monoisotopic (exact) mass is 715 g/mol. The number of nitrogens with one attached hydrogen (secondary N) is 3. The Balaban J connectivity index is 1.25. The number of nitrogens with zero attached hydrogens (tertiary/aromatic N) is 2. The highest BCUT2D eigenvalue weighted by atomic mass is 16.7. The first kappa shape index (κ1) is 37.0. The Morgan fingerprint density at radius 1 is 0.981 bits per heavy atom. The van der Waals surface area contributed by atoms with Crippen LogP contribution in [-0.4, -0.2) is 95.8 Å². The summed E-state index contributed by atoms with van der Waals surface area (Å²) >= 11 is 0. The van der Waals surface area contributed by atoms with Crippen LogP contribution in [-0.2, 0) is 33.5 Å². The Morgan fingerprint density at radius 3 is 2.38 bits per heavy atom. The lowest BCUT2D eigenvalue weighted by Crippen LogP contribution is -2.59. The molecule has 0 aromatic heterocycles. The van der Waals surface area contributed by atoms with Gasteiger partial charge in [-0.1, -0.05) is 87.8 Å². The van der Waals surface area contributed by atoms with Crippen molar-refractivity contribution in [2.75, 3.05) is 19.8 Å². The molecule has 3 aliphatic heterocycles. The molecule has 4 aliphatic rings. The molecule has 1 spiro atoms. The van der Waals surface area contributed by atoms with Crippen molar-refractivity contribution >= 4 is 35.3 Å². The lowest BCUT2D eigenvalue weighted by atomic mass is 9.85. The molecule has 1 saturated carbocycles. The molecule has 0 bridgehead atoms. The first-order valence-electron chi connectivity index (χ1n) is 18.3. The number of carbonyl (C=O) groups excluding carboxylic acids is 5. The number of ether oxygens (including phenoxy) is 2. The van der Waals surface area contributed by atoms with Crippen molar-refractivity contribution in [2.45, 2.75) is 109 Å². The van der Waals surface area contributed by atoms with Gasteiger partial charge in [-0.25, -0.2) is 4.79 Å². The lowest BCUT2D eigenvalue weighted by molar-refractivity contribution is -0.144. The molecule has 5 atom stereocenters. The maximum Gasteiger partial charge on any atom is 0.408 e. The molecule has 2 saturated heterocycles. The van der Waals surface area contributed by atoms with Crippen molar-refractivity contribution in [3.8, 4) is 11.1 Å². The minimum absolute atomic E-state index is 0.00360. The van der Waals surface area contributed by atoms with E-state index in [0.29, 0.717) is 31.6 Å². The molecule has 3 fully saturated rings. The van der Waals surface area contributed by atoms with Crippen LogP contribution in [0.3, 0.4) is 0 Å². The number of amides is 4. The largest absolute Gasteiger partial charge is 0.444 e. The number of hydrogen-bond acceptors (Lipinski definition) is 9. The van der Waals surface area contributed by atoms with Gasteiger partial charge in [0.2, 0.25) is 17.6 Å². The fraction of sp³-hybridized carbons (Fsp3) is 0.538. The number of benzene rings is 2. The Hall–Kier alpha value is -4.78. The molecule has 0 unspecified atom stereocenters. The number of rotatable bonds is 12. The summed E-state index contributed by atoms with van der Waals surface area (Å²) in [5.41, 5.74) is 1.76. The van der Waals surface area contributed by atoms with Crippen molar-refractivity contribution in [2.24, 2.45) is 10.6 Å². The molecular weight excluding hydrogens is 666 g/mol. The third-order valence-corrected chi connectivity index (χ3v) is 10.0. The average molecular weight is 716 g/mol. The summed E-state index contributed by atoms with van der Waals surface area (Å²) in [6.45, 7) is 8.08. The fourth-order valence-corrected chi connectivity index (χ4v) is 6.98.